The summed E-state index contributed by atoms with van der Waals surface area (Å²) >= 11 is 0. The molecule has 0 radical (unpaired) electrons. The summed E-state index contributed by atoms with van der Waals surface area (Å²) in [6.45, 7) is 8.16. The molecule has 42 heavy (non-hydrogen) atoms. The number of likely N-dealkylation sites (tertiary alicyclic amines) is 2. The van der Waals surface area contributed by atoms with Crippen molar-refractivity contribution in [3.63, 3.8) is 0 Å². The van der Waals surface area contributed by atoms with Crippen molar-refractivity contribution >= 4 is 36.6 Å². The van der Waals surface area contributed by atoms with Crippen molar-refractivity contribution in [1.29, 1.82) is 0 Å². The quantitative estimate of drug-likeness (QED) is 0.351. The van der Waals surface area contributed by atoms with Crippen LogP contribution in [0.3, 0.4) is 0 Å². The van der Waals surface area contributed by atoms with Crippen LogP contribution in [0.25, 0.3) is 0 Å². The van der Waals surface area contributed by atoms with Gasteiger partial charge < -0.3 is 31.4 Å². The van der Waals surface area contributed by atoms with Crippen molar-refractivity contribution in [3.05, 3.63) is 71.8 Å². The molecule has 0 unspecified atom stereocenters. The molecule has 0 atom stereocenters. The van der Waals surface area contributed by atoms with E-state index in [1.165, 1.54) is 51.9 Å². The van der Waals surface area contributed by atoms with Crippen LogP contribution in [0, 0.1) is 11.8 Å². The first kappa shape index (κ1) is 37.8. The molecule has 236 valence electrons. The summed E-state index contributed by atoms with van der Waals surface area (Å²) in [5.41, 5.74) is 2.16. The van der Waals surface area contributed by atoms with Gasteiger partial charge in [-0.25, -0.2) is 0 Å². The Labute approximate surface area is 263 Å². The summed E-state index contributed by atoms with van der Waals surface area (Å²) in [5, 5.41) is 6.50. The average Bonchev–Trinajstić information content (AvgIpc) is 3.65. The van der Waals surface area contributed by atoms with E-state index >= 15 is 0 Å². The third-order valence-corrected chi connectivity index (χ3v) is 8.82. The number of nitrogens with zero attached hydrogens (tertiary/aromatic N) is 2. The second-order valence-corrected chi connectivity index (χ2v) is 11.3. The number of hydrogen-bond donors (Lipinski definition) is 2. The van der Waals surface area contributed by atoms with Gasteiger partial charge >= 0.3 is 0 Å². The molecule has 3 aliphatic rings. The SMILES string of the molecule is Cl.Cl.O.O.O=C(NCCCN1CCCC1)C1C(c2ccccc2)C(C(=O)NCCCN2CCCC2)C1c1ccccc1. The van der Waals surface area contributed by atoms with Crippen molar-refractivity contribution < 1.29 is 20.5 Å². The number of rotatable bonds is 12. The van der Waals surface area contributed by atoms with Crippen molar-refractivity contribution in [2.75, 3.05) is 52.4 Å². The topological polar surface area (TPSA) is 128 Å². The Bertz CT molecular complexity index is 946. The zero-order chi connectivity index (χ0) is 26.2. The van der Waals surface area contributed by atoms with Gasteiger partial charge in [0.15, 0.2) is 0 Å². The van der Waals surface area contributed by atoms with Crippen LogP contribution < -0.4 is 10.6 Å². The normalized spacial score (nSPS) is 23.2. The van der Waals surface area contributed by atoms with Crippen molar-refractivity contribution in [2.45, 2.75) is 50.4 Å². The molecule has 2 aliphatic heterocycles. The molecule has 0 bridgehead atoms. The van der Waals surface area contributed by atoms with Gasteiger partial charge in [-0.3, -0.25) is 9.59 Å². The molecule has 2 saturated heterocycles. The summed E-state index contributed by atoms with van der Waals surface area (Å²) < 4.78 is 0. The van der Waals surface area contributed by atoms with Gasteiger partial charge in [0, 0.05) is 24.9 Å². The minimum Gasteiger partial charge on any atom is -0.412 e. The Morgan fingerprint density at radius 3 is 1.26 bits per heavy atom. The van der Waals surface area contributed by atoms with E-state index in [2.05, 4.69) is 44.7 Å². The smallest absolute Gasteiger partial charge is 0.224 e. The Kier molecular flexibility index (Phi) is 17.2. The number of amides is 2. The number of nitrogens with one attached hydrogen (secondary N) is 2. The van der Waals surface area contributed by atoms with Crippen LogP contribution in [0.2, 0.25) is 0 Å². The highest BCUT2D eigenvalue weighted by molar-refractivity contribution is 5.90. The van der Waals surface area contributed by atoms with Gasteiger partial charge in [0.2, 0.25) is 11.8 Å². The minimum absolute atomic E-state index is 0. The molecule has 6 N–H and O–H groups in total. The molecule has 8 nitrogen and oxygen atoms in total. The molecular weight excluding hydrogens is 575 g/mol. The first-order chi connectivity index (χ1) is 18.7. The Morgan fingerprint density at radius 2 is 0.929 bits per heavy atom. The summed E-state index contributed by atoms with van der Waals surface area (Å²) in [7, 11) is 0. The van der Waals surface area contributed by atoms with Crippen LogP contribution in [0.4, 0.5) is 0 Å². The highest BCUT2D eigenvalue weighted by Gasteiger charge is 2.57. The lowest BCUT2D eigenvalue weighted by Gasteiger charge is -2.50. The summed E-state index contributed by atoms with van der Waals surface area (Å²) in [6.07, 6.45) is 7.07. The van der Waals surface area contributed by atoms with Crippen LogP contribution in [-0.4, -0.2) is 84.9 Å². The maximum Gasteiger partial charge on any atom is 0.224 e. The Hall–Kier alpha value is -2.20. The van der Waals surface area contributed by atoms with Gasteiger partial charge in [-0.05, 0) is 88.9 Å². The third-order valence-electron chi connectivity index (χ3n) is 8.82. The monoisotopic (exact) mass is 624 g/mol. The van der Waals surface area contributed by atoms with E-state index in [0.717, 1.165) is 37.1 Å². The number of carbonyl (C=O) groups excluding carboxylic acids is 2. The Morgan fingerprint density at radius 1 is 0.595 bits per heavy atom. The third kappa shape index (κ3) is 9.40. The first-order valence-electron chi connectivity index (χ1n) is 14.8. The van der Waals surface area contributed by atoms with Crippen LogP contribution in [0.15, 0.2) is 60.7 Å². The lowest BCUT2D eigenvalue weighted by molar-refractivity contribution is -0.140. The summed E-state index contributed by atoms with van der Waals surface area (Å²) in [4.78, 5) is 32.4. The van der Waals surface area contributed by atoms with Gasteiger partial charge in [0.05, 0.1) is 11.8 Å². The minimum atomic E-state index is -0.257. The first-order valence-corrected chi connectivity index (χ1v) is 14.8. The maximum absolute atomic E-state index is 13.7. The molecule has 10 heteroatoms. The van der Waals surface area contributed by atoms with Crippen molar-refractivity contribution in [2.24, 2.45) is 11.8 Å². The van der Waals surface area contributed by atoms with Gasteiger partial charge in [-0.1, -0.05) is 60.7 Å². The number of carbonyl (C=O) groups is 2. The van der Waals surface area contributed by atoms with E-state index in [1.807, 2.05) is 36.4 Å². The highest BCUT2D eigenvalue weighted by atomic mass is 35.5. The van der Waals surface area contributed by atoms with Crippen molar-refractivity contribution in [3.8, 4) is 0 Å². The van der Waals surface area contributed by atoms with Crippen LogP contribution in [0.5, 0.6) is 0 Å². The maximum atomic E-state index is 13.7. The summed E-state index contributed by atoms with van der Waals surface area (Å²) in [6, 6.07) is 20.4. The Balaban J connectivity index is 0.00000220. The number of benzene rings is 2. The molecule has 0 spiro atoms. The van der Waals surface area contributed by atoms with E-state index in [1.54, 1.807) is 0 Å². The van der Waals surface area contributed by atoms with Gasteiger partial charge in [0.1, 0.15) is 0 Å². The number of halogens is 2. The second-order valence-electron chi connectivity index (χ2n) is 11.3. The molecule has 0 aromatic heterocycles. The molecule has 2 amide bonds. The zero-order valence-corrected chi connectivity index (χ0v) is 26.1. The largest absolute Gasteiger partial charge is 0.412 e. The fourth-order valence-electron chi connectivity index (χ4n) is 6.86. The lowest BCUT2D eigenvalue weighted by Crippen LogP contribution is -2.56. The average molecular weight is 626 g/mol. The lowest BCUT2D eigenvalue weighted by atomic mass is 9.52. The predicted molar refractivity (Wildman–Crippen MR) is 174 cm³/mol. The molecule has 2 aromatic carbocycles. The standard InChI is InChI=1S/C32H44N4O2.2ClH.2H2O/c37-31(33-17-11-23-35-19-7-8-20-35)29-27(25-13-3-1-4-14-25)30(28(29)26-15-5-2-6-16-26)32(38)34-18-12-24-36-21-9-10-22-36;;;;/h1-6,13-16,27-30H,7-12,17-24H2,(H,33,37)(H,34,38);2*1H;2*1H2. The van der Waals surface area contributed by atoms with Gasteiger partial charge in [0.25, 0.3) is 0 Å². The highest BCUT2D eigenvalue weighted by Crippen LogP contribution is 2.57. The van der Waals surface area contributed by atoms with E-state index in [4.69, 9.17) is 0 Å². The fraction of sp³-hybridized carbons (Fsp3) is 0.562. The molecule has 1 saturated carbocycles. The molecule has 5 rings (SSSR count). The molecular formula is C32H50Cl2N4O4. The second kappa shape index (κ2) is 19.2. The number of hydrogen-bond acceptors (Lipinski definition) is 4. The summed E-state index contributed by atoms with van der Waals surface area (Å²) in [5.74, 6) is -0.615. The van der Waals surface area contributed by atoms with E-state index in [9.17, 15) is 9.59 Å². The van der Waals surface area contributed by atoms with Gasteiger partial charge in [-0.2, -0.15) is 0 Å². The zero-order valence-electron chi connectivity index (χ0n) is 24.5. The molecule has 2 aromatic rings. The predicted octanol–water partition coefficient (Wildman–Crippen LogP) is 3.20. The van der Waals surface area contributed by atoms with Crippen LogP contribution in [-0.2, 0) is 9.59 Å². The van der Waals surface area contributed by atoms with Gasteiger partial charge in [-0.15, -0.1) is 24.8 Å². The van der Waals surface area contributed by atoms with Crippen LogP contribution in [0.1, 0.15) is 61.5 Å². The molecule has 2 heterocycles. The van der Waals surface area contributed by atoms with Crippen molar-refractivity contribution in [1.82, 2.24) is 20.4 Å². The molecule has 3 fully saturated rings. The van der Waals surface area contributed by atoms with E-state index in [0.29, 0.717) is 13.1 Å². The van der Waals surface area contributed by atoms with E-state index < -0.39 is 0 Å². The fourth-order valence-corrected chi connectivity index (χ4v) is 6.86. The van der Waals surface area contributed by atoms with E-state index in [-0.39, 0.29) is 71.3 Å². The van der Waals surface area contributed by atoms with Crippen LogP contribution >= 0.6 is 24.8 Å². The molecule has 1 aliphatic carbocycles.